The minimum absolute atomic E-state index is 0.0255. The normalized spacial score (nSPS) is 10.5. The van der Waals surface area contributed by atoms with Crippen LogP contribution in [-0.2, 0) is 22.6 Å². The maximum Gasteiger partial charge on any atom is 0.510 e. The van der Waals surface area contributed by atoms with Crippen LogP contribution in [0.1, 0.15) is 27.9 Å². The number of ether oxygens (including phenoxy) is 3. The van der Waals surface area contributed by atoms with Crippen LogP contribution in [0.3, 0.4) is 0 Å². The van der Waals surface area contributed by atoms with Crippen molar-refractivity contribution < 1.29 is 23.4 Å². The lowest BCUT2D eigenvalue weighted by Crippen LogP contribution is -2.29. The summed E-state index contributed by atoms with van der Waals surface area (Å²) in [5, 5.41) is 22.5. The van der Waals surface area contributed by atoms with E-state index in [0.717, 1.165) is 4.68 Å². The van der Waals surface area contributed by atoms with Gasteiger partial charge in [-0.2, -0.15) is 20.3 Å². The average Bonchev–Trinajstić information content (AvgIpc) is 2.88. The summed E-state index contributed by atoms with van der Waals surface area (Å²) in [6.07, 6.45) is -0.996. The van der Waals surface area contributed by atoms with Gasteiger partial charge in [0.1, 0.15) is 12.4 Å². The third-order valence-electron chi connectivity index (χ3n) is 5.15. The second-order valence-electron chi connectivity index (χ2n) is 8.40. The molecule has 1 heterocycles. The van der Waals surface area contributed by atoms with E-state index in [-0.39, 0.29) is 46.2 Å². The van der Waals surface area contributed by atoms with E-state index in [9.17, 15) is 20.1 Å². The standard InChI is InChI=1S/C26H23ClFN5O5/c1-16-8-20(31-33(25(16)34)15-37-26(35)36-7-6-32(2)3)12-19-4-5-22(27)24(23(19)28)38-21-10-17(13-29)9-18(11-21)14-30/h4-5,8-11H,6-7,12,15H2,1-3H3. The Kier molecular flexibility index (Phi) is 9.39. The van der Waals surface area contributed by atoms with Crippen LogP contribution >= 0.6 is 11.6 Å². The number of nitrogens with zero attached hydrogens (tertiary/aromatic N) is 5. The van der Waals surface area contributed by atoms with Gasteiger partial charge < -0.3 is 19.1 Å². The molecule has 0 radical (unpaired) electrons. The number of hydrogen-bond acceptors (Lipinski definition) is 9. The van der Waals surface area contributed by atoms with E-state index in [2.05, 4.69) is 5.10 Å². The third kappa shape index (κ3) is 7.29. The van der Waals surface area contributed by atoms with E-state index in [1.807, 2.05) is 31.1 Å². The zero-order valence-corrected chi connectivity index (χ0v) is 21.6. The minimum atomic E-state index is -0.950. The molecule has 0 aliphatic carbocycles. The van der Waals surface area contributed by atoms with Gasteiger partial charge >= 0.3 is 6.16 Å². The Morgan fingerprint density at radius 1 is 1.13 bits per heavy atom. The van der Waals surface area contributed by atoms with Crippen LogP contribution in [-0.4, -0.2) is 48.1 Å². The largest absolute Gasteiger partial charge is 0.510 e. The van der Waals surface area contributed by atoms with Gasteiger partial charge in [-0.25, -0.2) is 9.18 Å². The fraction of sp³-hybridized carbons (Fsp3) is 0.269. The molecule has 2 aromatic carbocycles. The van der Waals surface area contributed by atoms with E-state index in [1.165, 1.54) is 36.4 Å². The molecule has 0 amide bonds. The number of nitriles is 2. The first-order chi connectivity index (χ1) is 18.1. The Balaban J connectivity index is 1.82. The first kappa shape index (κ1) is 28.1. The highest BCUT2D eigenvalue weighted by molar-refractivity contribution is 6.32. The summed E-state index contributed by atoms with van der Waals surface area (Å²) in [5.41, 5.74) is 0.623. The lowest BCUT2D eigenvalue weighted by atomic mass is 10.1. The first-order valence-electron chi connectivity index (χ1n) is 11.2. The topological polar surface area (TPSA) is 130 Å². The number of halogens is 2. The van der Waals surface area contributed by atoms with Crippen LogP contribution in [0.4, 0.5) is 9.18 Å². The fourth-order valence-corrected chi connectivity index (χ4v) is 3.47. The molecule has 0 unspecified atom stereocenters. The second-order valence-corrected chi connectivity index (χ2v) is 8.80. The van der Waals surface area contributed by atoms with Crippen molar-refractivity contribution in [3.05, 3.63) is 85.5 Å². The first-order valence-corrected chi connectivity index (χ1v) is 11.6. The van der Waals surface area contributed by atoms with Crippen LogP contribution < -0.4 is 10.3 Å². The molecule has 0 bridgehead atoms. The van der Waals surface area contributed by atoms with Crippen molar-refractivity contribution in [2.24, 2.45) is 0 Å². The summed E-state index contributed by atoms with van der Waals surface area (Å²) in [7, 11) is 3.64. The van der Waals surface area contributed by atoms with Crippen molar-refractivity contribution in [2.75, 3.05) is 27.2 Å². The van der Waals surface area contributed by atoms with Crippen molar-refractivity contribution in [3.8, 4) is 23.6 Å². The summed E-state index contributed by atoms with van der Waals surface area (Å²) in [4.78, 5) is 26.1. The number of aromatic nitrogens is 2. The summed E-state index contributed by atoms with van der Waals surface area (Å²) in [6.45, 7) is 1.69. The molecular weight excluding hydrogens is 517 g/mol. The summed E-state index contributed by atoms with van der Waals surface area (Å²) >= 11 is 6.18. The van der Waals surface area contributed by atoms with Gasteiger partial charge in [0.15, 0.2) is 18.3 Å². The number of likely N-dealkylation sites (N-methyl/N-ethyl adjacent to an activating group) is 1. The van der Waals surface area contributed by atoms with Gasteiger partial charge in [-0.3, -0.25) is 4.79 Å². The highest BCUT2D eigenvalue weighted by Gasteiger charge is 2.18. The zero-order valence-electron chi connectivity index (χ0n) is 20.8. The molecule has 3 aromatic rings. The molecule has 0 saturated heterocycles. The maximum absolute atomic E-state index is 15.5. The third-order valence-corrected chi connectivity index (χ3v) is 5.45. The fourth-order valence-electron chi connectivity index (χ4n) is 3.29. The molecular formula is C26H23ClFN5O5. The molecule has 10 nitrogen and oxygen atoms in total. The van der Waals surface area contributed by atoms with Crippen molar-refractivity contribution in [2.45, 2.75) is 20.1 Å². The van der Waals surface area contributed by atoms with Gasteiger partial charge in [-0.05, 0) is 56.9 Å². The Bertz CT molecular complexity index is 1460. The van der Waals surface area contributed by atoms with Crippen molar-refractivity contribution in [1.82, 2.24) is 14.7 Å². The average molecular weight is 540 g/mol. The summed E-state index contributed by atoms with van der Waals surface area (Å²) < 4.78 is 31.9. The molecule has 0 aliphatic heterocycles. The minimum Gasteiger partial charge on any atom is -0.453 e. The van der Waals surface area contributed by atoms with Gasteiger partial charge in [0.05, 0.1) is 34.0 Å². The van der Waals surface area contributed by atoms with E-state index in [0.29, 0.717) is 17.8 Å². The van der Waals surface area contributed by atoms with Gasteiger partial charge in [0, 0.05) is 18.5 Å². The van der Waals surface area contributed by atoms with Crippen molar-refractivity contribution in [3.63, 3.8) is 0 Å². The summed E-state index contributed by atoms with van der Waals surface area (Å²) in [6, 6.07) is 12.3. The van der Waals surface area contributed by atoms with Crippen molar-refractivity contribution >= 4 is 17.8 Å². The lowest BCUT2D eigenvalue weighted by Gasteiger charge is -2.14. The number of hydrogen-bond donors (Lipinski definition) is 0. The Labute approximate surface area is 222 Å². The van der Waals surface area contributed by atoms with E-state index < -0.39 is 24.3 Å². The molecule has 38 heavy (non-hydrogen) atoms. The van der Waals surface area contributed by atoms with Gasteiger partial charge in [-0.15, -0.1) is 0 Å². The molecule has 12 heteroatoms. The van der Waals surface area contributed by atoms with Crippen LogP contribution in [0.25, 0.3) is 0 Å². The molecule has 0 saturated carbocycles. The van der Waals surface area contributed by atoms with E-state index >= 15 is 4.39 Å². The monoisotopic (exact) mass is 539 g/mol. The van der Waals surface area contributed by atoms with Gasteiger partial charge in [-0.1, -0.05) is 17.7 Å². The molecule has 0 N–H and O–H groups in total. The zero-order chi connectivity index (χ0) is 27.8. The smallest absolute Gasteiger partial charge is 0.453 e. The molecule has 196 valence electrons. The molecule has 0 atom stereocenters. The Morgan fingerprint density at radius 2 is 1.82 bits per heavy atom. The van der Waals surface area contributed by atoms with Crippen LogP contribution in [0.5, 0.6) is 11.5 Å². The SMILES string of the molecule is Cc1cc(Cc2ccc(Cl)c(Oc3cc(C#N)cc(C#N)c3)c2F)nn(COC(=O)OCCN(C)C)c1=O. The predicted octanol–water partition coefficient (Wildman–Crippen LogP) is 4.14. The second kappa shape index (κ2) is 12.7. The number of aryl methyl sites for hydroxylation is 1. The number of carbonyl (C=O) groups is 1. The number of carbonyl (C=O) groups excluding carboxylic acids is 1. The molecule has 1 aromatic heterocycles. The predicted molar refractivity (Wildman–Crippen MR) is 134 cm³/mol. The highest BCUT2D eigenvalue weighted by atomic mass is 35.5. The molecule has 0 spiro atoms. The van der Waals surface area contributed by atoms with Crippen molar-refractivity contribution in [1.29, 1.82) is 10.5 Å². The number of benzene rings is 2. The Morgan fingerprint density at radius 3 is 2.45 bits per heavy atom. The van der Waals surface area contributed by atoms with Crippen LogP contribution in [0.15, 0.2) is 41.2 Å². The van der Waals surface area contributed by atoms with Gasteiger partial charge in [0.25, 0.3) is 5.56 Å². The molecule has 0 fully saturated rings. The van der Waals surface area contributed by atoms with Crippen LogP contribution in [0, 0.1) is 35.4 Å². The number of rotatable bonds is 9. The van der Waals surface area contributed by atoms with Gasteiger partial charge in [0.2, 0.25) is 0 Å². The van der Waals surface area contributed by atoms with E-state index in [1.54, 1.807) is 6.92 Å². The van der Waals surface area contributed by atoms with Crippen LogP contribution in [0.2, 0.25) is 5.02 Å². The maximum atomic E-state index is 15.5. The quantitative estimate of drug-likeness (QED) is 0.368. The lowest BCUT2D eigenvalue weighted by molar-refractivity contribution is 0.0260. The highest BCUT2D eigenvalue weighted by Crippen LogP contribution is 2.35. The summed E-state index contributed by atoms with van der Waals surface area (Å²) in [5.74, 6) is -1.01. The molecule has 3 rings (SSSR count). The van der Waals surface area contributed by atoms with E-state index in [4.69, 9.17) is 25.8 Å². The Hall–Kier alpha value is -4.45. The molecule has 0 aliphatic rings.